The van der Waals surface area contributed by atoms with Crippen LogP contribution in [-0.2, 0) is 4.74 Å². The molecule has 0 saturated carbocycles. The van der Waals surface area contributed by atoms with E-state index >= 15 is 0 Å². The van der Waals surface area contributed by atoms with Crippen LogP contribution in [0.5, 0.6) is 0 Å². The molecule has 0 aliphatic carbocycles. The van der Waals surface area contributed by atoms with Crippen LogP contribution in [-0.4, -0.2) is 61.7 Å². The lowest BCUT2D eigenvalue weighted by Gasteiger charge is -2.36. The topological polar surface area (TPSA) is 57.7 Å². The van der Waals surface area contributed by atoms with Gasteiger partial charge in [0.05, 0.1) is 12.2 Å². The molecule has 0 spiro atoms. The van der Waals surface area contributed by atoms with Gasteiger partial charge in [0.1, 0.15) is 5.82 Å². The number of aromatic nitrogens is 1. The van der Waals surface area contributed by atoms with E-state index in [4.69, 9.17) is 4.74 Å². The van der Waals surface area contributed by atoms with Crippen LogP contribution in [0.4, 0.5) is 11.5 Å². The number of hydrogen-bond acceptors (Lipinski definition) is 6. The van der Waals surface area contributed by atoms with E-state index in [2.05, 4.69) is 50.4 Å². The number of nitrogens with zero attached hydrogens (tertiary/aromatic N) is 3. The molecule has 1 aromatic carbocycles. The van der Waals surface area contributed by atoms with Gasteiger partial charge in [-0.15, -0.1) is 0 Å². The molecule has 26 heavy (non-hydrogen) atoms. The fourth-order valence-electron chi connectivity index (χ4n) is 3.04. The van der Waals surface area contributed by atoms with E-state index in [1.165, 1.54) is 5.69 Å². The molecule has 1 fully saturated rings. The molecule has 1 aromatic heterocycles. The van der Waals surface area contributed by atoms with Gasteiger partial charge < -0.3 is 15.0 Å². The van der Waals surface area contributed by atoms with Crippen LogP contribution < -0.4 is 10.2 Å². The third kappa shape index (κ3) is 4.95. The van der Waals surface area contributed by atoms with E-state index in [0.29, 0.717) is 12.2 Å². The van der Waals surface area contributed by atoms with E-state index in [1.807, 2.05) is 6.07 Å². The molecule has 1 aliphatic rings. The van der Waals surface area contributed by atoms with Crippen molar-refractivity contribution in [3.8, 4) is 0 Å². The number of para-hydroxylation sites is 1. The Morgan fingerprint density at radius 2 is 1.88 bits per heavy atom. The highest BCUT2D eigenvalue weighted by Crippen LogP contribution is 2.15. The van der Waals surface area contributed by atoms with E-state index < -0.39 is 0 Å². The van der Waals surface area contributed by atoms with Gasteiger partial charge in [-0.1, -0.05) is 18.2 Å². The SMILES string of the molecule is CCOC(=O)c1ccc(NCCN2CCN(c3ccccc3)CC2)nc1. The molecule has 1 saturated heterocycles. The lowest BCUT2D eigenvalue weighted by atomic mass is 10.2. The maximum atomic E-state index is 11.6. The summed E-state index contributed by atoms with van der Waals surface area (Å²) in [6.45, 7) is 8.20. The molecule has 3 rings (SSSR count). The van der Waals surface area contributed by atoms with Crippen molar-refractivity contribution in [2.24, 2.45) is 0 Å². The number of esters is 1. The van der Waals surface area contributed by atoms with E-state index in [-0.39, 0.29) is 5.97 Å². The molecule has 0 unspecified atom stereocenters. The molecule has 1 aliphatic heterocycles. The molecule has 2 aromatic rings. The largest absolute Gasteiger partial charge is 0.462 e. The summed E-state index contributed by atoms with van der Waals surface area (Å²) in [7, 11) is 0. The van der Waals surface area contributed by atoms with E-state index in [9.17, 15) is 4.79 Å². The van der Waals surface area contributed by atoms with Crippen LogP contribution in [0.1, 0.15) is 17.3 Å². The number of rotatable bonds is 7. The van der Waals surface area contributed by atoms with Crippen molar-refractivity contribution in [1.82, 2.24) is 9.88 Å². The minimum absolute atomic E-state index is 0.331. The highest BCUT2D eigenvalue weighted by atomic mass is 16.5. The van der Waals surface area contributed by atoms with Crippen molar-refractivity contribution in [2.45, 2.75) is 6.92 Å². The zero-order valence-corrected chi connectivity index (χ0v) is 15.2. The third-order valence-electron chi connectivity index (χ3n) is 4.50. The Labute approximate surface area is 154 Å². The molecular weight excluding hydrogens is 328 g/mol. The Hall–Kier alpha value is -2.60. The second kappa shape index (κ2) is 9.20. The lowest BCUT2D eigenvalue weighted by Crippen LogP contribution is -2.47. The monoisotopic (exact) mass is 354 g/mol. The summed E-state index contributed by atoms with van der Waals surface area (Å²) in [5.41, 5.74) is 1.78. The highest BCUT2D eigenvalue weighted by Gasteiger charge is 2.16. The van der Waals surface area contributed by atoms with Gasteiger partial charge in [-0.3, -0.25) is 4.90 Å². The number of benzene rings is 1. The zero-order valence-electron chi connectivity index (χ0n) is 15.2. The first-order valence-electron chi connectivity index (χ1n) is 9.15. The van der Waals surface area contributed by atoms with Gasteiger partial charge in [0.2, 0.25) is 0 Å². The predicted molar refractivity (Wildman–Crippen MR) is 104 cm³/mol. The van der Waals surface area contributed by atoms with E-state index in [1.54, 1.807) is 19.2 Å². The average molecular weight is 354 g/mol. The van der Waals surface area contributed by atoms with Gasteiger partial charge in [-0.2, -0.15) is 0 Å². The summed E-state index contributed by atoms with van der Waals surface area (Å²) in [6.07, 6.45) is 1.55. The number of hydrogen-bond donors (Lipinski definition) is 1. The molecule has 1 N–H and O–H groups in total. The number of pyridine rings is 1. The Morgan fingerprint density at radius 1 is 1.12 bits per heavy atom. The van der Waals surface area contributed by atoms with Crippen molar-refractivity contribution in [1.29, 1.82) is 0 Å². The molecule has 2 heterocycles. The van der Waals surface area contributed by atoms with Crippen LogP contribution in [0.25, 0.3) is 0 Å². The molecule has 0 radical (unpaired) electrons. The summed E-state index contributed by atoms with van der Waals surface area (Å²) in [6, 6.07) is 14.1. The molecule has 138 valence electrons. The first-order valence-corrected chi connectivity index (χ1v) is 9.15. The third-order valence-corrected chi connectivity index (χ3v) is 4.50. The smallest absolute Gasteiger partial charge is 0.339 e. The number of anilines is 2. The summed E-state index contributed by atoms with van der Waals surface area (Å²) in [5.74, 6) is 0.448. The summed E-state index contributed by atoms with van der Waals surface area (Å²) < 4.78 is 4.96. The highest BCUT2D eigenvalue weighted by molar-refractivity contribution is 5.89. The quantitative estimate of drug-likeness (QED) is 0.771. The summed E-state index contributed by atoms with van der Waals surface area (Å²) >= 11 is 0. The number of ether oxygens (including phenoxy) is 1. The maximum absolute atomic E-state index is 11.6. The van der Waals surface area contributed by atoms with E-state index in [0.717, 1.165) is 45.1 Å². The fourth-order valence-corrected chi connectivity index (χ4v) is 3.04. The van der Waals surface area contributed by atoms with Crippen molar-refractivity contribution in [3.05, 3.63) is 54.2 Å². The second-order valence-electron chi connectivity index (χ2n) is 6.24. The lowest BCUT2D eigenvalue weighted by molar-refractivity contribution is 0.0526. The Morgan fingerprint density at radius 3 is 2.54 bits per heavy atom. The van der Waals surface area contributed by atoms with Crippen LogP contribution >= 0.6 is 0 Å². The number of carbonyl (C=O) groups is 1. The zero-order chi connectivity index (χ0) is 18.2. The van der Waals surface area contributed by atoms with Crippen molar-refractivity contribution in [3.63, 3.8) is 0 Å². The summed E-state index contributed by atoms with van der Waals surface area (Å²) in [4.78, 5) is 20.8. The second-order valence-corrected chi connectivity index (χ2v) is 6.24. The van der Waals surface area contributed by atoms with Gasteiger partial charge in [-0.05, 0) is 31.2 Å². The first kappa shape index (κ1) is 18.2. The first-order chi connectivity index (χ1) is 12.8. The van der Waals surface area contributed by atoms with Crippen LogP contribution in [0.3, 0.4) is 0 Å². The van der Waals surface area contributed by atoms with Gasteiger partial charge in [0.25, 0.3) is 0 Å². The molecular formula is C20H26N4O2. The normalized spacial score (nSPS) is 14.9. The number of piperazine rings is 1. The Balaban J connectivity index is 1.38. The standard InChI is InChI=1S/C20H26N4O2/c1-2-26-20(25)17-8-9-19(22-16-17)21-10-11-23-12-14-24(15-13-23)18-6-4-3-5-7-18/h3-9,16H,2,10-15H2,1H3,(H,21,22). The van der Waals surface area contributed by atoms with Crippen molar-refractivity contribution in [2.75, 3.05) is 56.1 Å². The number of nitrogens with one attached hydrogen (secondary N) is 1. The van der Waals surface area contributed by atoms with Gasteiger partial charge >= 0.3 is 5.97 Å². The minimum atomic E-state index is -0.331. The van der Waals surface area contributed by atoms with Crippen LogP contribution in [0.2, 0.25) is 0 Å². The molecule has 0 bridgehead atoms. The molecule has 0 atom stereocenters. The van der Waals surface area contributed by atoms with Crippen LogP contribution in [0, 0.1) is 0 Å². The Bertz CT molecular complexity index is 683. The summed E-state index contributed by atoms with van der Waals surface area (Å²) in [5, 5.41) is 3.31. The average Bonchev–Trinajstić information content (AvgIpc) is 2.70. The van der Waals surface area contributed by atoms with Crippen molar-refractivity contribution >= 4 is 17.5 Å². The van der Waals surface area contributed by atoms with Gasteiger partial charge in [0.15, 0.2) is 0 Å². The van der Waals surface area contributed by atoms with Crippen LogP contribution in [0.15, 0.2) is 48.7 Å². The van der Waals surface area contributed by atoms with Gasteiger partial charge in [0, 0.05) is 51.2 Å². The fraction of sp³-hybridized carbons (Fsp3) is 0.400. The minimum Gasteiger partial charge on any atom is -0.462 e. The van der Waals surface area contributed by atoms with Crippen molar-refractivity contribution < 1.29 is 9.53 Å². The maximum Gasteiger partial charge on any atom is 0.339 e. The van der Waals surface area contributed by atoms with Gasteiger partial charge in [-0.25, -0.2) is 9.78 Å². The Kier molecular flexibility index (Phi) is 6.44. The molecule has 6 nitrogen and oxygen atoms in total. The molecule has 0 amide bonds. The number of carbonyl (C=O) groups excluding carboxylic acids is 1. The predicted octanol–water partition coefficient (Wildman–Crippen LogP) is 2.49. The molecule has 6 heteroatoms.